The van der Waals surface area contributed by atoms with Gasteiger partial charge in [-0.15, -0.1) is 0 Å². The van der Waals surface area contributed by atoms with Crippen molar-refractivity contribution in [2.75, 3.05) is 6.54 Å². The summed E-state index contributed by atoms with van der Waals surface area (Å²) in [5.74, 6) is -1.14. The number of urea groups is 1. The van der Waals surface area contributed by atoms with Gasteiger partial charge in [-0.3, -0.25) is 19.3 Å². The van der Waals surface area contributed by atoms with Crippen LogP contribution in [0.25, 0.3) is 0 Å². The van der Waals surface area contributed by atoms with Gasteiger partial charge in [-0.25, -0.2) is 4.79 Å². The molecule has 2 heterocycles. The second kappa shape index (κ2) is 8.04. The molecule has 0 bridgehead atoms. The number of rotatable bonds is 6. The van der Waals surface area contributed by atoms with Gasteiger partial charge in [0.15, 0.2) is 6.10 Å². The first-order valence-corrected chi connectivity index (χ1v) is 9.47. The highest BCUT2D eigenvalue weighted by atomic mass is 16.5. The average molecular weight is 391 g/mol. The highest BCUT2D eigenvalue weighted by molar-refractivity contribution is 6.09. The minimum Gasteiger partial charge on any atom is -0.467 e. The van der Waals surface area contributed by atoms with Gasteiger partial charge in [-0.1, -0.05) is 19.8 Å². The zero-order valence-corrected chi connectivity index (χ0v) is 16.0. The number of nitrogens with zero attached hydrogens (tertiary/aromatic N) is 1. The Kier molecular flexibility index (Phi) is 5.71. The van der Waals surface area contributed by atoms with Gasteiger partial charge in [0, 0.05) is 0 Å². The predicted molar refractivity (Wildman–Crippen MR) is 96.7 cm³/mol. The Morgan fingerprint density at radius 3 is 2.89 bits per heavy atom. The molecule has 3 rings (SSSR count). The molecule has 1 aliphatic carbocycles. The van der Waals surface area contributed by atoms with Gasteiger partial charge in [0.2, 0.25) is 0 Å². The summed E-state index contributed by atoms with van der Waals surface area (Å²) in [6.45, 7) is 3.01. The Labute approximate surface area is 162 Å². The molecule has 1 spiro atoms. The van der Waals surface area contributed by atoms with Crippen LogP contribution in [0.15, 0.2) is 22.8 Å². The Bertz CT molecular complexity index is 762. The molecule has 1 aliphatic heterocycles. The van der Waals surface area contributed by atoms with Crippen LogP contribution in [0.4, 0.5) is 4.79 Å². The number of esters is 1. The van der Waals surface area contributed by atoms with Crippen LogP contribution in [0.2, 0.25) is 0 Å². The lowest BCUT2D eigenvalue weighted by Crippen LogP contribution is -2.54. The highest BCUT2D eigenvalue weighted by Gasteiger charge is 2.55. The molecule has 0 unspecified atom stereocenters. The van der Waals surface area contributed by atoms with Gasteiger partial charge in [-0.2, -0.15) is 0 Å². The number of hydrogen-bond donors (Lipinski definition) is 2. The number of carbonyl (C=O) groups excluding carboxylic acids is 4. The number of ether oxygens (including phenoxy) is 1. The van der Waals surface area contributed by atoms with E-state index in [1.165, 1.54) is 13.2 Å². The maximum Gasteiger partial charge on any atom is 0.327 e. The second-order valence-corrected chi connectivity index (χ2v) is 7.37. The molecule has 1 aromatic heterocycles. The Morgan fingerprint density at radius 1 is 1.43 bits per heavy atom. The van der Waals surface area contributed by atoms with E-state index in [0.717, 1.165) is 24.2 Å². The first-order chi connectivity index (χ1) is 13.3. The molecule has 0 radical (unpaired) electrons. The number of carbonyl (C=O) groups is 4. The van der Waals surface area contributed by atoms with Crippen molar-refractivity contribution in [3.8, 4) is 0 Å². The number of nitrogens with one attached hydrogen (secondary N) is 2. The fraction of sp³-hybridized carbons (Fsp3) is 0.579. The maximum absolute atomic E-state index is 12.8. The molecule has 28 heavy (non-hydrogen) atoms. The van der Waals surface area contributed by atoms with Crippen LogP contribution in [0.1, 0.15) is 45.3 Å². The SMILES string of the molecule is C[C@H](OC(=O)CN1C(=O)N[C@@]2(CCCC[C@H]2C)C1=O)C(=O)NCc1ccco1. The third-order valence-corrected chi connectivity index (χ3v) is 5.48. The molecule has 2 aliphatic rings. The van der Waals surface area contributed by atoms with Gasteiger partial charge in [0.05, 0.1) is 12.8 Å². The molecule has 1 saturated carbocycles. The van der Waals surface area contributed by atoms with E-state index >= 15 is 0 Å². The lowest BCUT2D eigenvalue weighted by atomic mass is 9.73. The van der Waals surface area contributed by atoms with Crippen LogP contribution in [0.3, 0.4) is 0 Å². The van der Waals surface area contributed by atoms with E-state index in [-0.39, 0.29) is 12.5 Å². The smallest absolute Gasteiger partial charge is 0.327 e. The van der Waals surface area contributed by atoms with Gasteiger partial charge < -0.3 is 19.8 Å². The summed E-state index contributed by atoms with van der Waals surface area (Å²) in [5, 5.41) is 5.36. The fourth-order valence-electron chi connectivity index (χ4n) is 3.79. The largest absolute Gasteiger partial charge is 0.467 e. The van der Waals surface area contributed by atoms with E-state index in [1.807, 2.05) is 6.92 Å². The first-order valence-electron chi connectivity index (χ1n) is 9.47. The predicted octanol–water partition coefficient (Wildman–Crippen LogP) is 1.33. The molecule has 152 valence electrons. The lowest BCUT2D eigenvalue weighted by molar-refractivity contribution is -0.157. The topological polar surface area (TPSA) is 118 Å². The molecule has 9 nitrogen and oxygen atoms in total. The number of amides is 4. The van der Waals surface area contributed by atoms with Gasteiger partial charge in [-0.05, 0) is 37.8 Å². The lowest BCUT2D eigenvalue weighted by Gasteiger charge is -2.36. The third kappa shape index (κ3) is 3.88. The average Bonchev–Trinajstić information content (AvgIpc) is 3.25. The first kappa shape index (κ1) is 19.9. The summed E-state index contributed by atoms with van der Waals surface area (Å²) in [4.78, 5) is 50.2. The summed E-state index contributed by atoms with van der Waals surface area (Å²) >= 11 is 0. The number of hydrogen-bond acceptors (Lipinski definition) is 6. The Morgan fingerprint density at radius 2 is 2.21 bits per heavy atom. The van der Waals surface area contributed by atoms with Crippen LogP contribution < -0.4 is 10.6 Å². The Hall–Kier alpha value is -2.84. The molecule has 4 amide bonds. The molecule has 0 aromatic carbocycles. The van der Waals surface area contributed by atoms with Crippen molar-refractivity contribution in [3.05, 3.63) is 24.2 Å². The zero-order valence-electron chi connectivity index (χ0n) is 16.0. The van der Waals surface area contributed by atoms with E-state index in [9.17, 15) is 19.2 Å². The molecule has 3 atom stereocenters. The van der Waals surface area contributed by atoms with Crippen molar-refractivity contribution in [1.29, 1.82) is 0 Å². The van der Waals surface area contributed by atoms with Crippen molar-refractivity contribution < 1.29 is 28.3 Å². The summed E-state index contributed by atoms with van der Waals surface area (Å²) < 4.78 is 10.2. The quantitative estimate of drug-likeness (QED) is 0.558. The van der Waals surface area contributed by atoms with Crippen LogP contribution >= 0.6 is 0 Å². The van der Waals surface area contributed by atoms with Crippen LogP contribution in [0.5, 0.6) is 0 Å². The molecule has 1 saturated heterocycles. The van der Waals surface area contributed by atoms with E-state index in [4.69, 9.17) is 9.15 Å². The van der Waals surface area contributed by atoms with Crippen LogP contribution in [-0.4, -0.2) is 46.9 Å². The summed E-state index contributed by atoms with van der Waals surface area (Å²) in [5.41, 5.74) is -0.929. The van der Waals surface area contributed by atoms with Crippen molar-refractivity contribution >= 4 is 23.8 Å². The van der Waals surface area contributed by atoms with Gasteiger partial charge >= 0.3 is 12.0 Å². The normalized spacial score (nSPS) is 25.5. The second-order valence-electron chi connectivity index (χ2n) is 7.37. The summed E-state index contributed by atoms with van der Waals surface area (Å²) in [6.07, 6.45) is 3.70. The zero-order chi connectivity index (χ0) is 20.3. The minimum atomic E-state index is -1.06. The van der Waals surface area contributed by atoms with Gasteiger partial charge in [0.1, 0.15) is 17.8 Å². The highest BCUT2D eigenvalue weighted by Crippen LogP contribution is 2.38. The monoisotopic (exact) mass is 391 g/mol. The number of imide groups is 1. The Balaban J connectivity index is 1.53. The van der Waals surface area contributed by atoms with E-state index in [1.54, 1.807) is 12.1 Å². The van der Waals surface area contributed by atoms with E-state index < -0.39 is 42.0 Å². The van der Waals surface area contributed by atoms with Crippen molar-refractivity contribution in [1.82, 2.24) is 15.5 Å². The van der Waals surface area contributed by atoms with E-state index in [2.05, 4.69) is 10.6 Å². The molecule has 9 heteroatoms. The van der Waals surface area contributed by atoms with Crippen molar-refractivity contribution in [2.45, 2.75) is 57.7 Å². The molecule has 2 N–H and O–H groups in total. The van der Waals surface area contributed by atoms with Crippen LogP contribution in [0, 0.1) is 5.92 Å². The summed E-state index contributed by atoms with van der Waals surface area (Å²) in [6, 6.07) is 2.81. The molecular weight excluding hydrogens is 366 g/mol. The fourth-order valence-corrected chi connectivity index (χ4v) is 3.79. The molecular formula is C19H25N3O6. The molecule has 2 fully saturated rings. The van der Waals surface area contributed by atoms with E-state index in [0.29, 0.717) is 12.2 Å². The number of furan rings is 1. The van der Waals surface area contributed by atoms with Crippen molar-refractivity contribution in [2.24, 2.45) is 5.92 Å². The van der Waals surface area contributed by atoms with Gasteiger partial charge in [0.25, 0.3) is 11.8 Å². The standard InChI is InChI=1S/C19H25N3O6/c1-12-6-3-4-8-19(12)17(25)22(18(26)21-19)11-15(23)28-13(2)16(24)20-10-14-7-5-9-27-14/h5,7,9,12-13H,3-4,6,8,10-11H2,1-2H3,(H,20,24)(H,21,26)/t12-,13+,19-/m1/s1. The summed E-state index contributed by atoms with van der Waals surface area (Å²) in [7, 11) is 0. The van der Waals surface area contributed by atoms with Crippen LogP contribution in [-0.2, 0) is 25.7 Å². The minimum absolute atomic E-state index is 0.00465. The molecule has 1 aromatic rings. The maximum atomic E-state index is 12.8. The van der Waals surface area contributed by atoms with Crippen molar-refractivity contribution in [3.63, 3.8) is 0 Å². The third-order valence-electron chi connectivity index (χ3n) is 5.48.